The first kappa shape index (κ1) is 25.5. The number of hydrogen-bond acceptors (Lipinski definition) is 8. The van der Waals surface area contributed by atoms with E-state index in [4.69, 9.17) is 21.0 Å². The number of ether oxygens (including phenoxy) is 2. The van der Waals surface area contributed by atoms with Gasteiger partial charge in [0, 0.05) is 32.0 Å². The normalized spacial score (nSPS) is 16.8. The summed E-state index contributed by atoms with van der Waals surface area (Å²) in [7, 11) is 0. The van der Waals surface area contributed by atoms with Crippen LogP contribution in [0.4, 0.5) is 11.5 Å². The van der Waals surface area contributed by atoms with Gasteiger partial charge in [0.15, 0.2) is 11.3 Å². The molecular weight excluding hydrogens is 510 g/mol. The first-order valence-corrected chi connectivity index (χ1v) is 13.1. The maximum atomic E-state index is 11.5. The predicted octanol–water partition coefficient (Wildman–Crippen LogP) is 4.52. The van der Waals surface area contributed by atoms with E-state index >= 15 is 0 Å². The van der Waals surface area contributed by atoms with Gasteiger partial charge in [-0.05, 0) is 49.6 Å². The summed E-state index contributed by atoms with van der Waals surface area (Å²) in [6.07, 6.45) is 6.39. The SMILES string of the molecule is [C-]#[N+]c1ccc(COc2cccc(N3CCC(=Cc4nc5ccc(C(=O)O)nc5n4C[C@@H]4CCO4)CC3)n2)nc1. The van der Waals surface area contributed by atoms with Crippen LogP contribution in [-0.4, -0.2) is 61.4 Å². The van der Waals surface area contributed by atoms with Gasteiger partial charge in [0.25, 0.3) is 0 Å². The molecule has 0 unspecified atom stereocenters. The molecule has 0 aromatic carbocycles. The summed E-state index contributed by atoms with van der Waals surface area (Å²) in [5.74, 6) is 1.09. The molecule has 40 heavy (non-hydrogen) atoms. The van der Waals surface area contributed by atoms with E-state index in [1.165, 1.54) is 17.8 Å². The van der Waals surface area contributed by atoms with Gasteiger partial charge in [0.1, 0.15) is 23.8 Å². The fraction of sp³-hybridized carbons (Fsp3) is 0.310. The number of rotatable bonds is 8. The fourth-order valence-corrected chi connectivity index (χ4v) is 4.79. The van der Waals surface area contributed by atoms with Crippen molar-refractivity contribution in [2.24, 2.45) is 0 Å². The number of imidazole rings is 1. The van der Waals surface area contributed by atoms with Crippen molar-refractivity contribution in [1.82, 2.24) is 24.5 Å². The van der Waals surface area contributed by atoms with Crippen molar-refractivity contribution >= 4 is 34.7 Å². The number of nitrogens with zero attached hydrogens (tertiary/aromatic N) is 7. The highest BCUT2D eigenvalue weighted by Crippen LogP contribution is 2.27. The second-order valence-electron chi connectivity index (χ2n) is 9.74. The van der Waals surface area contributed by atoms with E-state index in [-0.39, 0.29) is 18.4 Å². The molecule has 6 heterocycles. The van der Waals surface area contributed by atoms with Crippen LogP contribution in [0.15, 0.2) is 54.2 Å². The zero-order valence-electron chi connectivity index (χ0n) is 21.7. The highest BCUT2D eigenvalue weighted by Gasteiger charge is 2.23. The molecule has 0 amide bonds. The monoisotopic (exact) mass is 537 g/mol. The number of aromatic carboxylic acids is 1. The van der Waals surface area contributed by atoms with Gasteiger partial charge in [0.2, 0.25) is 11.6 Å². The Bertz CT molecular complexity index is 1610. The third-order valence-electron chi connectivity index (χ3n) is 7.10. The van der Waals surface area contributed by atoms with Crippen molar-refractivity contribution in [3.63, 3.8) is 0 Å². The standard InChI is InChI=1S/C29H27N7O4/c1-30-20-5-6-21(31-16-20)18-40-27-4-2-3-25(34-27)35-12-9-19(10-13-35)15-26-32-23-7-8-24(29(37)38)33-28(23)36(26)17-22-11-14-39-22/h2-8,15-16,22H,9-14,17-18H2,(H,37,38)/t22-/m0/s1. The van der Waals surface area contributed by atoms with Crippen LogP contribution in [0.5, 0.6) is 5.88 Å². The molecule has 4 aromatic heterocycles. The lowest BCUT2D eigenvalue weighted by Crippen LogP contribution is -2.32. The second kappa shape index (κ2) is 11.1. The minimum absolute atomic E-state index is 0.00339. The van der Waals surface area contributed by atoms with Crippen LogP contribution in [0.3, 0.4) is 0 Å². The van der Waals surface area contributed by atoms with Gasteiger partial charge in [-0.15, -0.1) is 0 Å². The minimum atomic E-state index is -1.06. The maximum Gasteiger partial charge on any atom is 0.354 e. The number of fused-ring (bicyclic) bond motifs is 1. The van der Waals surface area contributed by atoms with Gasteiger partial charge in [-0.3, -0.25) is 4.98 Å². The molecular formula is C29H27N7O4. The molecule has 0 saturated carbocycles. The quantitative estimate of drug-likeness (QED) is 0.323. The molecule has 202 valence electrons. The molecule has 6 rings (SSSR count). The third kappa shape index (κ3) is 5.48. The second-order valence-corrected chi connectivity index (χ2v) is 9.74. The Hall–Kier alpha value is -4.82. The van der Waals surface area contributed by atoms with Crippen LogP contribution >= 0.6 is 0 Å². The number of carbonyl (C=O) groups is 1. The van der Waals surface area contributed by atoms with Crippen molar-refractivity contribution in [1.29, 1.82) is 0 Å². The third-order valence-corrected chi connectivity index (χ3v) is 7.10. The Morgan fingerprint density at radius 1 is 1.15 bits per heavy atom. The van der Waals surface area contributed by atoms with E-state index < -0.39 is 5.97 Å². The summed E-state index contributed by atoms with van der Waals surface area (Å²) in [6, 6.07) is 12.5. The number of hydrogen-bond donors (Lipinski definition) is 1. The molecule has 2 aliphatic rings. The maximum absolute atomic E-state index is 11.5. The minimum Gasteiger partial charge on any atom is -0.477 e. The molecule has 0 aliphatic carbocycles. The van der Waals surface area contributed by atoms with Gasteiger partial charge < -0.3 is 24.0 Å². The van der Waals surface area contributed by atoms with E-state index in [0.717, 1.165) is 56.3 Å². The molecule has 0 spiro atoms. The lowest BCUT2D eigenvalue weighted by molar-refractivity contribution is -0.0588. The van der Waals surface area contributed by atoms with Gasteiger partial charge in [-0.25, -0.2) is 19.6 Å². The van der Waals surface area contributed by atoms with Crippen LogP contribution < -0.4 is 9.64 Å². The number of carboxylic acid groups (broad SMARTS) is 1. The summed E-state index contributed by atoms with van der Waals surface area (Å²) in [6.45, 7) is 10.2. The molecule has 1 N–H and O–H groups in total. The molecule has 0 bridgehead atoms. The Labute approximate surface area is 230 Å². The first-order chi connectivity index (χ1) is 19.6. The van der Waals surface area contributed by atoms with Crippen molar-refractivity contribution in [2.45, 2.75) is 38.5 Å². The van der Waals surface area contributed by atoms with Crippen LogP contribution in [0, 0.1) is 6.57 Å². The van der Waals surface area contributed by atoms with Crippen molar-refractivity contribution in [2.75, 3.05) is 24.6 Å². The Morgan fingerprint density at radius 3 is 2.70 bits per heavy atom. The van der Waals surface area contributed by atoms with E-state index in [1.807, 2.05) is 22.8 Å². The predicted molar refractivity (Wildman–Crippen MR) is 147 cm³/mol. The zero-order valence-corrected chi connectivity index (χ0v) is 21.7. The molecule has 1 atom stereocenters. The molecule has 4 aromatic rings. The summed E-state index contributed by atoms with van der Waals surface area (Å²) in [4.78, 5) is 35.2. The fourth-order valence-electron chi connectivity index (χ4n) is 4.79. The topological polar surface area (TPSA) is 120 Å². The Morgan fingerprint density at radius 2 is 2.00 bits per heavy atom. The van der Waals surface area contributed by atoms with E-state index in [9.17, 15) is 9.90 Å². The summed E-state index contributed by atoms with van der Waals surface area (Å²) < 4.78 is 13.5. The molecule has 2 fully saturated rings. The molecule has 2 saturated heterocycles. The number of carboxylic acids is 1. The van der Waals surface area contributed by atoms with Crippen LogP contribution in [0.25, 0.3) is 22.1 Å². The van der Waals surface area contributed by atoms with Gasteiger partial charge in [-0.1, -0.05) is 17.7 Å². The lowest BCUT2D eigenvalue weighted by atomic mass is 10.0. The number of aromatic nitrogens is 5. The summed E-state index contributed by atoms with van der Waals surface area (Å²) in [5.41, 5.74) is 3.74. The van der Waals surface area contributed by atoms with Crippen LogP contribution in [0.1, 0.15) is 41.3 Å². The average molecular weight is 538 g/mol. The van der Waals surface area contributed by atoms with Crippen LogP contribution in [-0.2, 0) is 17.9 Å². The first-order valence-electron chi connectivity index (χ1n) is 13.1. The Kier molecular flexibility index (Phi) is 7.08. The van der Waals surface area contributed by atoms with E-state index in [1.54, 1.807) is 18.2 Å². The average Bonchev–Trinajstić information content (AvgIpc) is 3.30. The lowest BCUT2D eigenvalue weighted by Gasteiger charge is -2.30. The zero-order chi connectivity index (χ0) is 27.5. The highest BCUT2D eigenvalue weighted by molar-refractivity contribution is 5.88. The number of piperidine rings is 1. The molecule has 11 nitrogen and oxygen atoms in total. The number of anilines is 1. The smallest absolute Gasteiger partial charge is 0.354 e. The molecule has 2 aliphatic heterocycles. The highest BCUT2D eigenvalue weighted by atomic mass is 16.5. The summed E-state index contributed by atoms with van der Waals surface area (Å²) in [5, 5.41) is 9.42. The van der Waals surface area contributed by atoms with Crippen molar-refractivity contribution in [3.05, 3.63) is 82.9 Å². The van der Waals surface area contributed by atoms with E-state index in [2.05, 4.69) is 30.8 Å². The van der Waals surface area contributed by atoms with Crippen molar-refractivity contribution in [3.8, 4) is 5.88 Å². The molecule has 0 radical (unpaired) electrons. The summed E-state index contributed by atoms with van der Waals surface area (Å²) >= 11 is 0. The molecule has 11 heteroatoms. The number of pyridine rings is 3. The van der Waals surface area contributed by atoms with Gasteiger partial charge in [0.05, 0.1) is 24.9 Å². The van der Waals surface area contributed by atoms with Crippen molar-refractivity contribution < 1.29 is 19.4 Å². The Balaban J connectivity index is 1.14. The van der Waals surface area contributed by atoms with Crippen LogP contribution in [0.2, 0.25) is 0 Å². The van der Waals surface area contributed by atoms with Gasteiger partial charge >= 0.3 is 5.97 Å². The van der Waals surface area contributed by atoms with Gasteiger partial charge in [-0.2, -0.15) is 4.98 Å². The largest absolute Gasteiger partial charge is 0.477 e. The van der Waals surface area contributed by atoms with E-state index in [0.29, 0.717) is 29.3 Å².